The molecule has 136 valence electrons. The first-order chi connectivity index (χ1) is 9.94. The van der Waals surface area contributed by atoms with Gasteiger partial charge in [-0.25, -0.2) is 13.6 Å². The number of ether oxygens (including phenoxy) is 1. The first-order valence-corrected chi connectivity index (χ1v) is 5.24. The second-order valence-electron chi connectivity index (χ2n) is 4.20. The van der Waals surface area contributed by atoms with Gasteiger partial charge >= 0.3 is 42.4 Å². The molecule has 0 aromatic heterocycles. The lowest BCUT2D eigenvalue weighted by atomic mass is 9.98. The molecule has 0 heterocycles. The second-order valence-corrected chi connectivity index (χ2v) is 4.20. The molecule has 0 rings (SSSR count). The molecule has 1 atom stereocenters. The molecule has 0 aromatic carbocycles. The SMILES string of the molecule is C=C(C)C(=O)OC(F)C(F)(F)C(F)(F)C(F)(F)C(F)(F)C(F)F. The normalized spacial score (nSPS) is 15.5. The summed E-state index contributed by atoms with van der Waals surface area (Å²) >= 11 is 0. The van der Waals surface area contributed by atoms with E-state index >= 15 is 0 Å². The Morgan fingerprint density at radius 2 is 1.22 bits per heavy atom. The van der Waals surface area contributed by atoms with Crippen molar-refractivity contribution in [3.63, 3.8) is 0 Å². The molecule has 0 amide bonds. The summed E-state index contributed by atoms with van der Waals surface area (Å²) in [7, 11) is 0. The van der Waals surface area contributed by atoms with Crippen LogP contribution in [-0.4, -0.2) is 42.4 Å². The summed E-state index contributed by atoms with van der Waals surface area (Å²) in [6.45, 7) is 3.45. The van der Waals surface area contributed by atoms with Gasteiger partial charge in [-0.15, -0.1) is 0 Å². The summed E-state index contributed by atoms with van der Waals surface area (Å²) in [4.78, 5) is 10.7. The summed E-state index contributed by atoms with van der Waals surface area (Å²) in [5.41, 5.74) is -0.823. The van der Waals surface area contributed by atoms with Gasteiger partial charge in [-0.2, -0.15) is 39.5 Å². The highest BCUT2D eigenvalue weighted by Crippen LogP contribution is 2.55. The van der Waals surface area contributed by atoms with Crippen LogP contribution in [0.5, 0.6) is 0 Å². The Bertz CT molecular complexity index is 471. The zero-order chi connectivity index (χ0) is 19.0. The van der Waals surface area contributed by atoms with Gasteiger partial charge in [-0.1, -0.05) is 6.58 Å². The molecule has 0 aliphatic heterocycles. The maximum absolute atomic E-state index is 13.0. The Kier molecular flexibility index (Phi) is 5.73. The number of carbonyl (C=O) groups is 1. The highest BCUT2D eigenvalue weighted by atomic mass is 19.4. The third-order valence-electron chi connectivity index (χ3n) is 2.35. The first-order valence-electron chi connectivity index (χ1n) is 5.24. The van der Waals surface area contributed by atoms with Crippen LogP contribution in [0.4, 0.5) is 48.3 Å². The number of hydrogen-bond acceptors (Lipinski definition) is 2. The molecule has 0 aliphatic rings. The minimum atomic E-state index is -7.36. The van der Waals surface area contributed by atoms with Gasteiger partial charge in [0.2, 0.25) is 0 Å². The molecule has 13 heteroatoms. The van der Waals surface area contributed by atoms with Crippen LogP contribution in [0.3, 0.4) is 0 Å². The smallest absolute Gasteiger partial charge is 0.385 e. The first kappa shape index (κ1) is 21.4. The van der Waals surface area contributed by atoms with Crippen LogP contribution in [0.25, 0.3) is 0 Å². The van der Waals surface area contributed by atoms with E-state index in [9.17, 15) is 53.1 Å². The van der Waals surface area contributed by atoms with E-state index in [-0.39, 0.29) is 0 Å². The highest BCUT2D eigenvalue weighted by Gasteiger charge is 2.85. The van der Waals surface area contributed by atoms with Crippen molar-refractivity contribution in [2.45, 2.75) is 43.4 Å². The number of halogens is 11. The number of rotatable bonds is 7. The van der Waals surface area contributed by atoms with Crippen molar-refractivity contribution in [2.75, 3.05) is 0 Å². The third kappa shape index (κ3) is 3.37. The molecule has 0 spiro atoms. The Labute approximate surface area is 120 Å². The molecular formula is C10H7F11O2. The maximum atomic E-state index is 13.0. The zero-order valence-electron chi connectivity index (χ0n) is 10.8. The van der Waals surface area contributed by atoms with E-state index in [4.69, 9.17) is 0 Å². The van der Waals surface area contributed by atoms with Gasteiger partial charge in [0.15, 0.2) is 0 Å². The van der Waals surface area contributed by atoms with Gasteiger partial charge < -0.3 is 4.74 Å². The maximum Gasteiger partial charge on any atom is 0.385 e. The zero-order valence-corrected chi connectivity index (χ0v) is 10.8. The van der Waals surface area contributed by atoms with E-state index in [2.05, 4.69) is 11.3 Å². The van der Waals surface area contributed by atoms with Crippen LogP contribution in [0.2, 0.25) is 0 Å². The van der Waals surface area contributed by atoms with E-state index in [0.29, 0.717) is 0 Å². The van der Waals surface area contributed by atoms with Crippen LogP contribution in [0, 0.1) is 0 Å². The Hall–Kier alpha value is -1.56. The van der Waals surface area contributed by atoms with E-state index in [1.165, 1.54) is 0 Å². The van der Waals surface area contributed by atoms with Crippen molar-refractivity contribution in [3.05, 3.63) is 12.2 Å². The van der Waals surface area contributed by atoms with Crippen LogP contribution in [0.1, 0.15) is 6.92 Å². The average molecular weight is 368 g/mol. The topological polar surface area (TPSA) is 26.3 Å². The van der Waals surface area contributed by atoms with Crippen LogP contribution in [-0.2, 0) is 9.53 Å². The molecular weight excluding hydrogens is 361 g/mol. The van der Waals surface area contributed by atoms with Gasteiger partial charge in [0.05, 0.1) is 0 Å². The van der Waals surface area contributed by atoms with Crippen LogP contribution in [0.15, 0.2) is 12.2 Å². The minimum Gasteiger partial charge on any atom is -0.421 e. The van der Waals surface area contributed by atoms with E-state index < -0.39 is 48.0 Å². The van der Waals surface area contributed by atoms with Crippen molar-refractivity contribution >= 4 is 5.97 Å². The molecule has 0 saturated carbocycles. The monoisotopic (exact) mass is 368 g/mol. The molecule has 0 saturated heterocycles. The lowest BCUT2D eigenvalue weighted by molar-refractivity contribution is -0.402. The quantitative estimate of drug-likeness (QED) is 0.382. The Morgan fingerprint density at radius 1 is 0.870 bits per heavy atom. The second kappa shape index (κ2) is 6.15. The summed E-state index contributed by atoms with van der Waals surface area (Å²) in [5.74, 6) is -30.4. The van der Waals surface area contributed by atoms with Gasteiger partial charge in [0.25, 0.3) is 0 Å². The Morgan fingerprint density at radius 3 is 1.52 bits per heavy atom. The fourth-order valence-electron chi connectivity index (χ4n) is 0.967. The lowest BCUT2D eigenvalue weighted by Crippen LogP contribution is -2.66. The molecule has 23 heavy (non-hydrogen) atoms. The van der Waals surface area contributed by atoms with Crippen LogP contribution < -0.4 is 0 Å². The fraction of sp³-hybridized carbons (Fsp3) is 0.700. The third-order valence-corrected chi connectivity index (χ3v) is 2.35. The van der Waals surface area contributed by atoms with Gasteiger partial charge in [0.1, 0.15) is 0 Å². The van der Waals surface area contributed by atoms with E-state index in [0.717, 1.165) is 6.92 Å². The summed E-state index contributed by atoms with van der Waals surface area (Å²) in [6.07, 6.45) is -10.3. The number of esters is 1. The summed E-state index contributed by atoms with van der Waals surface area (Å²) in [6, 6.07) is 0. The fourth-order valence-corrected chi connectivity index (χ4v) is 0.967. The molecule has 1 unspecified atom stereocenters. The predicted molar refractivity (Wildman–Crippen MR) is 51.6 cm³/mol. The molecule has 0 bridgehead atoms. The molecule has 0 aromatic rings. The van der Waals surface area contributed by atoms with Crippen molar-refractivity contribution in [1.82, 2.24) is 0 Å². The van der Waals surface area contributed by atoms with E-state index in [1.807, 2.05) is 0 Å². The Balaban J connectivity index is 5.78. The number of carbonyl (C=O) groups excluding carboxylic acids is 1. The van der Waals surface area contributed by atoms with Crippen molar-refractivity contribution in [1.29, 1.82) is 0 Å². The lowest BCUT2D eigenvalue weighted by Gasteiger charge is -2.36. The number of hydrogen-bond donors (Lipinski definition) is 0. The molecule has 0 fully saturated rings. The molecule has 2 nitrogen and oxygen atoms in total. The molecule has 0 radical (unpaired) electrons. The highest BCUT2D eigenvalue weighted by molar-refractivity contribution is 5.87. The van der Waals surface area contributed by atoms with Gasteiger partial charge in [0, 0.05) is 5.57 Å². The van der Waals surface area contributed by atoms with Crippen molar-refractivity contribution < 1.29 is 57.8 Å². The largest absolute Gasteiger partial charge is 0.421 e. The summed E-state index contributed by atoms with van der Waals surface area (Å²) in [5, 5.41) is 0. The van der Waals surface area contributed by atoms with Crippen molar-refractivity contribution in [2.24, 2.45) is 0 Å². The summed E-state index contributed by atoms with van der Waals surface area (Å²) < 4.78 is 142. The van der Waals surface area contributed by atoms with Crippen molar-refractivity contribution in [3.8, 4) is 0 Å². The number of alkyl halides is 11. The van der Waals surface area contributed by atoms with E-state index in [1.54, 1.807) is 0 Å². The minimum absolute atomic E-state index is 0.727. The molecule has 0 aliphatic carbocycles. The average Bonchev–Trinajstić information content (AvgIpc) is 2.37. The van der Waals surface area contributed by atoms with Crippen LogP contribution >= 0.6 is 0 Å². The standard InChI is InChI=1S/C10H7F11O2/c1-3(2)4(22)23-6(13)8(16,17)10(20,21)9(18,19)7(14,15)5(11)12/h5-6H,1H2,2H3. The van der Waals surface area contributed by atoms with Gasteiger partial charge in [-0.3, -0.25) is 0 Å². The predicted octanol–water partition coefficient (Wildman–Crippen LogP) is 4.21. The molecule has 0 N–H and O–H groups in total. The van der Waals surface area contributed by atoms with Gasteiger partial charge in [-0.05, 0) is 6.92 Å².